The topological polar surface area (TPSA) is 92.9 Å². The van der Waals surface area contributed by atoms with E-state index in [4.69, 9.17) is 9.15 Å². The van der Waals surface area contributed by atoms with Crippen LogP contribution in [0.4, 0.5) is 0 Å². The quantitative estimate of drug-likeness (QED) is 0.347. The van der Waals surface area contributed by atoms with Gasteiger partial charge in [0.2, 0.25) is 5.78 Å². The Hall–Kier alpha value is -4.17. The van der Waals surface area contributed by atoms with Crippen molar-refractivity contribution < 1.29 is 23.8 Å². The van der Waals surface area contributed by atoms with Gasteiger partial charge in [-0.1, -0.05) is 42.5 Å². The fraction of sp³-hybridized carbons (Fsp3) is 0.148. The third-order valence-corrected chi connectivity index (χ3v) is 7.10. The first-order valence-electron chi connectivity index (χ1n) is 11.0. The predicted molar refractivity (Wildman–Crippen MR) is 131 cm³/mol. The minimum Gasteiger partial charge on any atom is -0.503 e. The van der Waals surface area contributed by atoms with E-state index in [0.717, 1.165) is 11.1 Å². The second-order valence-electron chi connectivity index (χ2n) is 8.09. The number of aryl methyl sites for hydroxylation is 1. The van der Waals surface area contributed by atoms with Gasteiger partial charge >= 0.3 is 0 Å². The molecule has 0 spiro atoms. The molecule has 176 valence electrons. The number of aliphatic hydroxyl groups excluding tert-OH is 1. The lowest BCUT2D eigenvalue weighted by Crippen LogP contribution is -2.30. The van der Waals surface area contributed by atoms with Gasteiger partial charge in [-0.15, -0.1) is 11.3 Å². The molecule has 5 rings (SSSR count). The highest BCUT2D eigenvalue weighted by Crippen LogP contribution is 2.42. The first-order valence-corrected chi connectivity index (χ1v) is 11.8. The maximum absolute atomic E-state index is 13.8. The van der Waals surface area contributed by atoms with E-state index < -0.39 is 23.5 Å². The molecule has 0 saturated carbocycles. The number of aromatic nitrogens is 1. The van der Waals surface area contributed by atoms with Crippen LogP contribution in [0.2, 0.25) is 0 Å². The van der Waals surface area contributed by atoms with E-state index in [1.165, 1.54) is 22.5 Å². The fourth-order valence-corrected chi connectivity index (χ4v) is 5.18. The molecule has 4 aromatic rings. The number of hydrogen-bond acceptors (Lipinski definition) is 7. The SMILES string of the molecule is COc1ccc(CN2C(=O)C(O)=C(C(=O)c3sc(-c4ccccc4)nc3C)C2c2ccco2)cc1. The fourth-order valence-electron chi connectivity index (χ4n) is 4.15. The van der Waals surface area contributed by atoms with E-state index >= 15 is 0 Å². The second kappa shape index (κ2) is 9.23. The summed E-state index contributed by atoms with van der Waals surface area (Å²) in [6.07, 6.45) is 1.48. The summed E-state index contributed by atoms with van der Waals surface area (Å²) in [6, 6.07) is 19.3. The number of Topliss-reactive ketones (excluding diaryl/α,β-unsaturated/α-hetero) is 1. The number of rotatable bonds is 7. The molecule has 0 fully saturated rings. The zero-order chi connectivity index (χ0) is 24.5. The number of furan rings is 1. The van der Waals surface area contributed by atoms with Gasteiger partial charge in [-0.3, -0.25) is 9.59 Å². The molecule has 1 N–H and O–H groups in total. The van der Waals surface area contributed by atoms with E-state index in [-0.39, 0.29) is 12.1 Å². The number of thiazole rings is 1. The minimum atomic E-state index is -0.867. The Morgan fingerprint density at radius 3 is 2.51 bits per heavy atom. The highest BCUT2D eigenvalue weighted by atomic mass is 32.1. The molecule has 1 unspecified atom stereocenters. The molecular weight excluding hydrogens is 464 g/mol. The zero-order valence-electron chi connectivity index (χ0n) is 19.1. The van der Waals surface area contributed by atoms with Crippen molar-refractivity contribution in [2.24, 2.45) is 0 Å². The lowest BCUT2D eigenvalue weighted by Gasteiger charge is -2.25. The van der Waals surface area contributed by atoms with Gasteiger partial charge in [0.05, 0.1) is 29.5 Å². The molecule has 3 heterocycles. The van der Waals surface area contributed by atoms with Crippen LogP contribution in [-0.2, 0) is 11.3 Å². The summed E-state index contributed by atoms with van der Waals surface area (Å²) in [4.78, 5) is 33.3. The van der Waals surface area contributed by atoms with Crippen LogP contribution in [0.1, 0.15) is 32.7 Å². The van der Waals surface area contributed by atoms with Crippen LogP contribution in [0.5, 0.6) is 5.75 Å². The Bertz CT molecular complexity index is 1410. The van der Waals surface area contributed by atoms with Gasteiger partial charge in [-0.05, 0) is 36.8 Å². The molecule has 7 nitrogen and oxygen atoms in total. The Morgan fingerprint density at radius 1 is 1.11 bits per heavy atom. The van der Waals surface area contributed by atoms with Crippen LogP contribution in [0.3, 0.4) is 0 Å². The Kier molecular flexibility index (Phi) is 5.96. The smallest absolute Gasteiger partial charge is 0.290 e. The molecule has 0 bridgehead atoms. The number of nitrogens with zero attached hydrogens (tertiary/aromatic N) is 2. The standard InChI is InChI=1S/C27H22N2O5S/c1-16-25(35-26(28-16)18-7-4-3-5-8-18)23(30)21-22(20-9-6-14-34-20)29(27(32)24(21)31)15-17-10-12-19(33-2)13-11-17/h3-14,22,31H,15H2,1-2H3. The van der Waals surface area contributed by atoms with Gasteiger partial charge in [0.15, 0.2) is 5.76 Å². The van der Waals surface area contributed by atoms with Crippen LogP contribution >= 0.6 is 11.3 Å². The van der Waals surface area contributed by atoms with Crippen LogP contribution in [0.15, 0.2) is 88.7 Å². The van der Waals surface area contributed by atoms with Crippen LogP contribution in [-0.4, -0.2) is 33.8 Å². The maximum Gasteiger partial charge on any atom is 0.290 e. The van der Waals surface area contributed by atoms with E-state index in [1.54, 1.807) is 38.3 Å². The third kappa shape index (κ3) is 4.13. The Balaban J connectivity index is 1.52. The van der Waals surface area contributed by atoms with Crippen molar-refractivity contribution >= 4 is 23.0 Å². The van der Waals surface area contributed by atoms with Gasteiger partial charge in [-0.2, -0.15) is 0 Å². The number of carbonyl (C=O) groups excluding carboxylic acids is 2. The van der Waals surface area contributed by atoms with E-state index in [9.17, 15) is 14.7 Å². The van der Waals surface area contributed by atoms with Gasteiger partial charge in [0, 0.05) is 12.1 Å². The highest BCUT2D eigenvalue weighted by Gasteiger charge is 2.45. The van der Waals surface area contributed by atoms with Gasteiger partial charge in [0.25, 0.3) is 5.91 Å². The molecule has 0 aliphatic carbocycles. The van der Waals surface area contributed by atoms with Crippen molar-refractivity contribution in [3.05, 3.63) is 106 Å². The monoisotopic (exact) mass is 486 g/mol. The number of ketones is 1. The van der Waals surface area contributed by atoms with Crippen molar-refractivity contribution in [2.75, 3.05) is 7.11 Å². The lowest BCUT2D eigenvalue weighted by molar-refractivity contribution is -0.130. The average molecular weight is 487 g/mol. The van der Waals surface area contributed by atoms with E-state index in [1.807, 2.05) is 42.5 Å². The lowest BCUT2D eigenvalue weighted by atomic mass is 9.99. The molecule has 2 aromatic heterocycles. The number of carbonyl (C=O) groups is 2. The number of ether oxygens (including phenoxy) is 1. The molecule has 1 aliphatic heterocycles. The van der Waals surface area contributed by atoms with Crippen LogP contribution < -0.4 is 4.74 Å². The van der Waals surface area contributed by atoms with Crippen LogP contribution in [0, 0.1) is 6.92 Å². The van der Waals surface area contributed by atoms with Gasteiger partial charge < -0.3 is 19.2 Å². The number of amides is 1. The molecule has 1 aliphatic rings. The van der Waals surface area contributed by atoms with Gasteiger partial charge in [0.1, 0.15) is 22.6 Å². The second-order valence-corrected chi connectivity index (χ2v) is 9.09. The Morgan fingerprint density at radius 2 is 1.86 bits per heavy atom. The van der Waals surface area contributed by atoms with E-state index in [2.05, 4.69) is 4.98 Å². The maximum atomic E-state index is 13.8. The zero-order valence-corrected chi connectivity index (χ0v) is 19.9. The first-order chi connectivity index (χ1) is 17.0. The molecule has 2 aromatic carbocycles. The highest BCUT2D eigenvalue weighted by molar-refractivity contribution is 7.17. The summed E-state index contributed by atoms with van der Waals surface area (Å²) in [6.45, 7) is 1.92. The molecular formula is C27H22N2O5S. The average Bonchev–Trinajstić information content (AvgIpc) is 3.60. The molecule has 0 saturated heterocycles. The van der Waals surface area contributed by atoms with Gasteiger partial charge in [-0.25, -0.2) is 4.98 Å². The molecule has 8 heteroatoms. The van der Waals surface area contributed by atoms with E-state index in [0.29, 0.717) is 27.1 Å². The minimum absolute atomic E-state index is 0.00942. The summed E-state index contributed by atoms with van der Waals surface area (Å²) in [5, 5.41) is 11.6. The van der Waals surface area contributed by atoms with Crippen molar-refractivity contribution in [3.8, 4) is 16.3 Å². The summed E-state index contributed by atoms with van der Waals surface area (Å²) in [5.74, 6) is -0.554. The number of aliphatic hydroxyl groups is 1. The molecule has 1 atom stereocenters. The predicted octanol–water partition coefficient (Wildman–Crippen LogP) is 5.50. The van der Waals surface area contributed by atoms with Crippen molar-refractivity contribution in [1.82, 2.24) is 9.88 Å². The van der Waals surface area contributed by atoms with Crippen molar-refractivity contribution in [2.45, 2.75) is 19.5 Å². The summed E-state index contributed by atoms with van der Waals surface area (Å²) in [7, 11) is 1.58. The van der Waals surface area contributed by atoms with Crippen molar-refractivity contribution in [1.29, 1.82) is 0 Å². The molecule has 35 heavy (non-hydrogen) atoms. The first kappa shape index (κ1) is 22.6. The molecule has 0 radical (unpaired) electrons. The summed E-state index contributed by atoms with van der Waals surface area (Å²) >= 11 is 1.24. The Labute approximate surface area is 205 Å². The van der Waals surface area contributed by atoms with Crippen LogP contribution in [0.25, 0.3) is 10.6 Å². The largest absolute Gasteiger partial charge is 0.503 e. The number of hydrogen-bond donors (Lipinski definition) is 1. The summed E-state index contributed by atoms with van der Waals surface area (Å²) in [5.41, 5.74) is 2.24. The summed E-state index contributed by atoms with van der Waals surface area (Å²) < 4.78 is 10.8. The van der Waals surface area contributed by atoms with Crippen molar-refractivity contribution in [3.63, 3.8) is 0 Å². The number of methoxy groups -OCH3 is 1. The normalized spacial score (nSPS) is 15.7. The third-order valence-electron chi connectivity index (χ3n) is 5.90. The molecule has 1 amide bonds. The number of benzene rings is 2.